The molecule has 0 fully saturated rings. The third-order valence-corrected chi connectivity index (χ3v) is 17.3. The Morgan fingerprint density at radius 3 is 1.02 bits per heavy atom. The van der Waals surface area contributed by atoms with Gasteiger partial charge in [0.05, 0.1) is 46.2 Å². The lowest BCUT2D eigenvalue weighted by atomic mass is 9.75. The SMILES string of the molecule is COCCOCCOCCOCCN(C)CC(CCC[Si](OC)(OC)OC)(CCC[Si](OC)(OC)OC)CCC[Si](OC)(OC)OC. The van der Waals surface area contributed by atoms with Crippen molar-refractivity contribution in [2.75, 3.05) is 137 Å². The van der Waals surface area contributed by atoms with E-state index in [1.54, 1.807) is 71.1 Å². The molecule has 0 radical (unpaired) electrons. The zero-order valence-electron chi connectivity index (χ0n) is 31.5. The summed E-state index contributed by atoms with van der Waals surface area (Å²) in [6, 6.07) is 2.17. The highest BCUT2D eigenvalue weighted by Crippen LogP contribution is 2.40. The fourth-order valence-electron chi connectivity index (χ4n) is 5.88. The Bertz CT molecular complexity index is 631. The van der Waals surface area contributed by atoms with E-state index < -0.39 is 26.4 Å². The van der Waals surface area contributed by atoms with Crippen LogP contribution >= 0.6 is 0 Å². The highest BCUT2D eigenvalue weighted by Gasteiger charge is 2.43. The van der Waals surface area contributed by atoms with Gasteiger partial charge in [0.1, 0.15) is 0 Å². The number of hydrogen-bond donors (Lipinski definition) is 0. The van der Waals surface area contributed by atoms with Crippen LogP contribution in [-0.4, -0.2) is 169 Å². The van der Waals surface area contributed by atoms with Crippen LogP contribution in [0.3, 0.4) is 0 Å². The molecule has 14 nitrogen and oxygen atoms in total. The molecule has 0 N–H and O–H groups in total. The van der Waals surface area contributed by atoms with Crippen molar-refractivity contribution in [1.82, 2.24) is 4.90 Å². The summed E-state index contributed by atoms with van der Waals surface area (Å²) in [4.78, 5) is 2.36. The van der Waals surface area contributed by atoms with Crippen molar-refractivity contribution in [2.24, 2.45) is 5.41 Å². The maximum atomic E-state index is 5.91. The first-order valence-corrected chi connectivity index (χ1v) is 22.3. The van der Waals surface area contributed by atoms with Gasteiger partial charge < -0.3 is 63.7 Å². The Hall–Kier alpha value is 0.0906. The Morgan fingerprint density at radius 1 is 0.426 bits per heavy atom. The average molecular weight is 736 g/mol. The number of hydrogen-bond acceptors (Lipinski definition) is 14. The molecule has 0 spiro atoms. The third kappa shape index (κ3) is 18.8. The van der Waals surface area contributed by atoms with Gasteiger partial charge >= 0.3 is 26.4 Å². The first-order chi connectivity index (χ1) is 22.6. The van der Waals surface area contributed by atoms with Gasteiger partial charge in [0.2, 0.25) is 0 Å². The molecule has 0 aliphatic carbocycles. The van der Waals surface area contributed by atoms with Crippen molar-refractivity contribution >= 4 is 26.4 Å². The van der Waals surface area contributed by atoms with E-state index in [0.717, 1.165) is 69.7 Å². The predicted octanol–water partition coefficient (Wildman–Crippen LogP) is 3.58. The molecule has 0 aliphatic heterocycles. The molecule has 0 bridgehead atoms. The maximum Gasteiger partial charge on any atom is 0.500 e. The number of ether oxygens (including phenoxy) is 4. The van der Waals surface area contributed by atoms with Crippen LogP contribution in [0.25, 0.3) is 0 Å². The maximum absolute atomic E-state index is 5.91. The first-order valence-electron chi connectivity index (χ1n) is 16.5. The lowest BCUT2D eigenvalue weighted by molar-refractivity contribution is 0.000114. The van der Waals surface area contributed by atoms with Gasteiger partial charge in [-0.25, -0.2) is 0 Å². The second-order valence-corrected chi connectivity index (χ2v) is 20.8. The summed E-state index contributed by atoms with van der Waals surface area (Å²) < 4.78 is 73.7. The van der Waals surface area contributed by atoms with Crippen LogP contribution in [0.1, 0.15) is 38.5 Å². The molecular formula is C30H69NO13Si3. The topological polar surface area (TPSA) is 123 Å². The largest absolute Gasteiger partial charge is 0.500 e. The number of methoxy groups -OCH3 is 1. The van der Waals surface area contributed by atoms with E-state index in [1.165, 1.54) is 0 Å². The van der Waals surface area contributed by atoms with E-state index in [1.807, 2.05) is 0 Å². The Kier molecular flexibility index (Phi) is 27.8. The van der Waals surface area contributed by atoms with Crippen molar-refractivity contribution in [3.8, 4) is 0 Å². The Balaban J connectivity index is 5.67. The lowest BCUT2D eigenvalue weighted by Gasteiger charge is -2.39. The second-order valence-electron chi connectivity index (χ2n) is 11.5. The molecule has 0 aromatic heterocycles. The van der Waals surface area contributed by atoms with E-state index in [9.17, 15) is 0 Å². The van der Waals surface area contributed by atoms with Crippen molar-refractivity contribution in [3.63, 3.8) is 0 Å². The molecule has 17 heteroatoms. The van der Waals surface area contributed by atoms with Gasteiger partial charge in [-0.15, -0.1) is 0 Å². The zero-order valence-corrected chi connectivity index (χ0v) is 34.5. The quantitative estimate of drug-likeness (QED) is 0.0696. The lowest BCUT2D eigenvalue weighted by Crippen LogP contribution is -2.45. The van der Waals surface area contributed by atoms with Crippen LogP contribution in [0.5, 0.6) is 0 Å². The van der Waals surface area contributed by atoms with Gasteiger partial charge in [0.15, 0.2) is 0 Å². The molecule has 0 saturated heterocycles. The minimum absolute atomic E-state index is 0.0548. The van der Waals surface area contributed by atoms with Gasteiger partial charge in [-0.3, -0.25) is 0 Å². The van der Waals surface area contributed by atoms with Crippen LogP contribution in [-0.2, 0) is 58.8 Å². The van der Waals surface area contributed by atoms with Crippen LogP contribution in [0.15, 0.2) is 0 Å². The second kappa shape index (κ2) is 27.8. The highest BCUT2D eigenvalue weighted by molar-refractivity contribution is 6.61. The normalized spacial score (nSPS) is 13.3. The molecule has 0 aliphatic rings. The standard InChI is InChI=1S/C30H69NO13Si3/c1-31(18-19-42-22-23-44-25-24-43-21-20-32-2)29-30(15-12-26-45(33-3,34-4)35-5,16-13-27-46(36-6,37-7)38-8)17-14-28-47(39-9,40-10)41-11/h12-29H2,1-11H3. The van der Waals surface area contributed by atoms with Crippen molar-refractivity contribution in [2.45, 2.75) is 56.7 Å². The summed E-state index contributed by atoms with van der Waals surface area (Å²) in [7, 11) is 10.6. The molecular weight excluding hydrogens is 667 g/mol. The fourth-order valence-corrected chi connectivity index (χ4v) is 11.0. The first kappa shape index (κ1) is 47.1. The molecule has 0 atom stereocenters. The van der Waals surface area contributed by atoms with E-state index >= 15 is 0 Å². The summed E-state index contributed by atoms with van der Waals surface area (Å²) in [5.74, 6) is 0. The number of likely N-dealkylation sites (N-methyl/N-ethyl adjacent to an activating group) is 1. The van der Waals surface area contributed by atoms with Crippen molar-refractivity contribution in [1.29, 1.82) is 0 Å². The van der Waals surface area contributed by atoms with Gasteiger partial charge in [-0.1, -0.05) is 0 Å². The molecule has 0 rings (SSSR count). The molecule has 0 aromatic carbocycles. The van der Waals surface area contributed by atoms with Gasteiger partial charge in [-0.05, 0) is 51.0 Å². The third-order valence-electron chi connectivity index (χ3n) is 8.77. The van der Waals surface area contributed by atoms with E-state index in [0.29, 0.717) is 46.2 Å². The molecule has 284 valence electrons. The van der Waals surface area contributed by atoms with Crippen LogP contribution in [0.4, 0.5) is 0 Å². The summed E-state index contributed by atoms with van der Waals surface area (Å²) in [5.41, 5.74) is -0.0548. The van der Waals surface area contributed by atoms with Gasteiger partial charge in [-0.2, -0.15) is 0 Å². The molecule has 0 amide bonds. The summed E-state index contributed by atoms with van der Waals surface area (Å²) in [6.45, 7) is 5.55. The summed E-state index contributed by atoms with van der Waals surface area (Å²) in [6.07, 6.45) is 5.52. The minimum atomic E-state index is -2.73. The van der Waals surface area contributed by atoms with Crippen molar-refractivity contribution in [3.05, 3.63) is 0 Å². The van der Waals surface area contributed by atoms with Crippen LogP contribution in [0, 0.1) is 5.41 Å². The molecule has 0 saturated carbocycles. The van der Waals surface area contributed by atoms with Gasteiger partial charge in [0, 0.05) is 102 Å². The predicted molar refractivity (Wildman–Crippen MR) is 187 cm³/mol. The zero-order chi connectivity index (χ0) is 35.5. The van der Waals surface area contributed by atoms with E-state index in [2.05, 4.69) is 11.9 Å². The monoisotopic (exact) mass is 735 g/mol. The Morgan fingerprint density at radius 2 is 0.723 bits per heavy atom. The number of rotatable bonds is 35. The molecule has 0 heterocycles. The van der Waals surface area contributed by atoms with Crippen LogP contribution in [0.2, 0.25) is 18.1 Å². The van der Waals surface area contributed by atoms with E-state index in [-0.39, 0.29) is 5.41 Å². The summed E-state index contributed by atoms with van der Waals surface area (Å²) in [5, 5.41) is 0. The smallest absolute Gasteiger partial charge is 0.382 e. The van der Waals surface area contributed by atoms with E-state index in [4.69, 9.17) is 58.8 Å². The van der Waals surface area contributed by atoms with Gasteiger partial charge in [0.25, 0.3) is 0 Å². The average Bonchev–Trinajstić information content (AvgIpc) is 3.10. The Labute approximate surface area is 289 Å². The van der Waals surface area contributed by atoms with Crippen molar-refractivity contribution < 1.29 is 58.8 Å². The minimum Gasteiger partial charge on any atom is -0.382 e. The van der Waals surface area contributed by atoms with Crippen LogP contribution < -0.4 is 0 Å². The molecule has 47 heavy (non-hydrogen) atoms. The summed E-state index contributed by atoms with van der Waals surface area (Å²) >= 11 is 0. The highest BCUT2D eigenvalue weighted by atomic mass is 28.4. The number of nitrogens with zero attached hydrogens (tertiary/aromatic N) is 1. The molecule has 0 unspecified atom stereocenters. The fraction of sp³-hybridized carbons (Fsp3) is 1.00. The molecule has 0 aromatic rings.